The fourth-order valence-corrected chi connectivity index (χ4v) is 10.1. The van der Waals surface area contributed by atoms with E-state index in [1.54, 1.807) is 0 Å². The summed E-state index contributed by atoms with van der Waals surface area (Å²) in [6.07, 6.45) is 3.70. The van der Waals surface area contributed by atoms with Crippen molar-refractivity contribution in [3.8, 4) is 0 Å². The summed E-state index contributed by atoms with van der Waals surface area (Å²) in [6, 6.07) is 0. The van der Waals surface area contributed by atoms with E-state index in [2.05, 4.69) is 20.8 Å². The van der Waals surface area contributed by atoms with E-state index in [0.29, 0.717) is 16.6 Å². The van der Waals surface area contributed by atoms with Gasteiger partial charge in [0.15, 0.2) is 0 Å². The first-order valence-corrected chi connectivity index (χ1v) is 14.9. The summed E-state index contributed by atoms with van der Waals surface area (Å²) in [7, 11) is 15.7. The number of hydrogen-bond donors (Lipinski definition) is 0. The first kappa shape index (κ1) is 13.5. The van der Waals surface area contributed by atoms with Crippen LogP contribution in [-0.4, -0.2) is 10.5 Å². The fraction of sp³-hybridized carbons (Fsp3) is 1.00. The second kappa shape index (κ2) is 5.16. The van der Waals surface area contributed by atoms with Crippen LogP contribution in [0.4, 0.5) is 0 Å². The van der Waals surface area contributed by atoms with Gasteiger partial charge < -0.3 is 0 Å². The average molecular weight is 318 g/mol. The summed E-state index contributed by atoms with van der Waals surface area (Å²) in [5.74, 6) is 2.06. The Morgan fingerprint density at radius 1 is 1.14 bits per heavy atom. The average Bonchev–Trinajstić information content (AvgIpc) is 2.01. The Bertz CT molecular complexity index is 188. The first-order chi connectivity index (χ1) is 6.32. The summed E-state index contributed by atoms with van der Waals surface area (Å²) >= 11 is 0. The third kappa shape index (κ3) is 3.47. The second-order valence-electron chi connectivity index (χ2n) is 4.97. The van der Waals surface area contributed by atoms with Gasteiger partial charge in [0.2, 0.25) is 0 Å². The van der Waals surface area contributed by atoms with Crippen molar-refractivity contribution in [3.05, 3.63) is 0 Å². The number of hydrogen-bond acceptors (Lipinski definition) is 0. The third-order valence-corrected chi connectivity index (χ3v) is 11.0. The van der Waals surface area contributed by atoms with Crippen molar-refractivity contribution in [2.75, 3.05) is 0 Å². The van der Waals surface area contributed by atoms with Crippen LogP contribution in [0.5, 0.6) is 0 Å². The summed E-state index contributed by atoms with van der Waals surface area (Å²) in [5, 5.41) is 0. The van der Waals surface area contributed by atoms with Gasteiger partial charge in [0, 0.05) is 0 Å². The molecule has 0 saturated heterocycles. The van der Waals surface area contributed by atoms with Gasteiger partial charge in [0.1, 0.15) is 0 Å². The van der Waals surface area contributed by atoms with Crippen molar-refractivity contribution in [2.45, 2.75) is 44.8 Å². The molecule has 1 saturated carbocycles. The molecule has 0 N–H and O–H groups in total. The van der Waals surface area contributed by atoms with Crippen molar-refractivity contribution >= 4 is 40.5 Å². The van der Waals surface area contributed by atoms with E-state index in [1.807, 2.05) is 0 Å². The number of rotatable bonds is 2. The summed E-state index contributed by atoms with van der Waals surface area (Å²) in [5.41, 5.74) is 0. The van der Waals surface area contributed by atoms with E-state index in [0.717, 1.165) is 12.3 Å². The van der Waals surface area contributed by atoms with E-state index < -0.39 is 10.5 Å². The van der Waals surface area contributed by atoms with Crippen molar-refractivity contribution < 1.29 is 0 Å². The SMILES string of the molecule is CC(C)[C@@H]1CC[C@@H](C)C[C@H]1[Ge]([Cl])([Cl])[Cl]. The predicted molar refractivity (Wildman–Crippen MR) is 68.4 cm³/mol. The van der Waals surface area contributed by atoms with Crippen molar-refractivity contribution in [1.82, 2.24) is 0 Å². The molecule has 1 aliphatic carbocycles. The monoisotopic (exact) mass is 318 g/mol. The molecule has 1 fully saturated rings. The Hall–Kier alpha value is 1.41. The molecule has 1 rings (SSSR count). The molecular formula is C10H19Cl3Ge. The molecule has 0 bridgehead atoms. The van der Waals surface area contributed by atoms with E-state index in [4.69, 9.17) is 30.0 Å². The summed E-state index contributed by atoms with van der Waals surface area (Å²) < 4.78 is 0.420. The molecule has 1 aliphatic rings. The minimum atomic E-state index is -3.01. The third-order valence-electron chi connectivity index (χ3n) is 3.44. The molecule has 84 valence electrons. The molecule has 3 atom stereocenters. The Morgan fingerprint density at radius 3 is 2.14 bits per heavy atom. The van der Waals surface area contributed by atoms with Crippen LogP contribution in [0.25, 0.3) is 0 Å². The van der Waals surface area contributed by atoms with Crippen molar-refractivity contribution in [2.24, 2.45) is 17.8 Å². The summed E-state index contributed by atoms with van der Waals surface area (Å²) in [6.45, 7) is 6.79. The second-order valence-corrected chi connectivity index (χ2v) is 21.1. The number of halogens is 3. The Labute approximate surface area is 103 Å². The van der Waals surface area contributed by atoms with E-state index in [9.17, 15) is 0 Å². The van der Waals surface area contributed by atoms with Crippen LogP contribution in [0.2, 0.25) is 4.75 Å². The van der Waals surface area contributed by atoms with Crippen LogP contribution in [0.1, 0.15) is 40.0 Å². The Morgan fingerprint density at radius 2 is 1.71 bits per heavy atom. The van der Waals surface area contributed by atoms with Gasteiger partial charge in [-0.15, -0.1) is 0 Å². The molecule has 0 aromatic carbocycles. The zero-order valence-electron chi connectivity index (χ0n) is 9.06. The fourth-order valence-electron chi connectivity index (χ4n) is 2.58. The molecule has 4 heteroatoms. The zero-order chi connectivity index (χ0) is 10.9. The molecule has 0 aromatic rings. The molecule has 0 spiro atoms. The molecular weight excluding hydrogens is 299 g/mol. The Balaban J connectivity index is 2.74. The molecule has 0 amide bonds. The van der Waals surface area contributed by atoms with Crippen LogP contribution in [0, 0.1) is 17.8 Å². The van der Waals surface area contributed by atoms with E-state index in [1.165, 1.54) is 12.8 Å². The van der Waals surface area contributed by atoms with Crippen LogP contribution in [0.3, 0.4) is 0 Å². The van der Waals surface area contributed by atoms with E-state index in [-0.39, 0.29) is 0 Å². The Kier molecular flexibility index (Phi) is 4.97. The molecule has 0 radical (unpaired) electrons. The van der Waals surface area contributed by atoms with Crippen molar-refractivity contribution in [1.29, 1.82) is 0 Å². The molecule has 0 nitrogen and oxygen atoms in total. The van der Waals surface area contributed by atoms with Crippen LogP contribution in [0.15, 0.2) is 0 Å². The summed E-state index contributed by atoms with van der Waals surface area (Å²) in [4.78, 5) is 0. The minimum absolute atomic E-state index is 0.420. The van der Waals surface area contributed by atoms with Gasteiger partial charge in [-0.2, -0.15) is 0 Å². The van der Waals surface area contributed by atoms with Crippen molar-refractivity contribution in [3.63, 3.8) is 0 Å². The van der Waals surface area contributed by atoms with Gasteiger partial charge in [0.05, 0.1) is 0 Å². The van der Waals surface area contributed by atoms with Gasteiger partial charge in [-0.1, -0.05) is 0 Å². The van der Waals surface area contributed by atoms with Crippen LogP contribution in [-0.2, 0) is 0 Å². The van der Waals surface area contributed by atoms with Gasteiger partial charge in [-0.05, 0) is 0 Å². The van der Waals surface area contributed by atoms with Gasteiger partial charge in [-0.25, -0.2) is 0 Å². The maximum absolute atomic E-state index is 6.23. The van der Waals surface area contributed by atoms with Gasteiger partial charge in [0.25, 0.3) is 0 Å². The van der Waals surface area contributed by atoms with E-state index >= 15 is 0 Å². The standard InChI is InChI=1S/C10H19Cl3Ge/c1-7(2)9-5-4-8(3)6-10(9)14(11,12)13/h7-10H,4-6H2,1-3H3/t8-,9+,10-/m1/s1. The maximum atomic E-state index is 6.23. The molecule has 0 aromatic heterocycles. The van der Waals surface area contributed by atoms with Gasteiger partial charge in [-0.3, -0.25) is 0 Å². The molecule has 0 aliphatic heterocycles. The molecule has 0 unspecified atom stereocenters. The van der Waals surface area contributed by atoms with Crippen LogP contribution >= 0.6 is 30.0 Å². The normalized spacial score (nSPS) is 34.9. The molecule has 14 heavy (non-hydrogen) atoms. The quantitative estimate of drug-likeness (QED) is 0.621. The molecule has 0 heterocycles. The topological polar surface area (TPSA) is 0 Å². The predicted octanol–water partition coefficient (Wildman–Crippen LogP) is 5.10. The van der Waals surface area contributed by atoms with Crippen LogP contribution < -0.4 is 0 Å². The first-order valence-electron chi connectivity index (χ1n) is 5.39. The van der Waals surface area contributed by atoms with Gasteiger partial charge >= 0.3 is 103 Å². The zero-order valence-corrected chi connectivity index (χ0v) is 13.4.